The third-order valence-corrected chi connectivity index (χ3v) is 5.17. The normalized spacial score (nSPS) is 16.2. The van der Waals surface area contributed by atoms with E-state index >= 15 is 0 Å². The number of thioether (sulfide) groups is 1. The predicted molar refractivity (Wildman–Crippen MR) is 94.6 cm³/mol. The van der Waals surface area contributed by atoms with E-state index in [1.807, 2.05) is 36.2 Å². The average Bonchev–Trinajstić information content (AvgIpc) is 3.24. The molecule has 24 heavy (non-hydrogen) atoms. The van der Waals surface area contributed by atoms with Crippen LogP contribution in [0, 0.1) is 0 Å². The fourth-order valence-corrected chi connectivity index (χ4v) is 3.67. The molecule has 1 fully saturated rings. The molecule has 0 aliphatic carbocycles. The number of nitrogens with one attached hydrogen (secondary N) is 1. The van der Waals surface area contributed by atoms with Gasteiger partial charge in [0, 0.05) is 19.4 Å². The van der Waals surface area contributed by atoms with Crippen molar-refractivity contribution in [2.45, 2.75) is 30.6 Å². The van der Waals surface area contributed by atoms with E-state index in [1.165, 1.54) is 0 Å². The van der Waals surface area contributed by atoms with Crippen LogP contribution in [0.2, 0.25) is 0 Å². The van der Waals surface area contributed by atoms with Gasteiger partial charge in [-0.25, -0.2) is 4.98 Å². The van der Waals surface area contributed by atoms with Crippen molar-refractivity contribution in [3.05, 3.63) is 42.0 Å². The Morgan fingerprint density at radius 2 is 2.17 bits per heavy atom. The number of likely N-dealkylation sites (tertiary alicyclic amines) is 1. The molecular weight excluding hydrogens is 322 g/mol. The molecule has 1 N–H and O–H groups in total. The summed E-state index contributed by atoms with van der Waals surface area (Å²) in [7, 11) is 1.97. The van der Waals surface area contributed by atoms with Crippen molar-refractivity contribution < 1.29 is 4.79 Å². The van der Waals surface area contributed by atoms with Gasteiger partial charge in [-0.15, -0.1) is 0 Å². The zero-order valence-corrected chi connectivity index (χ0v) is 14.9. The first kappa shape index (κ1) is 17.0. The van der Waals surface area contributed by atoms with Gasteiger partial charge in [0.25, 0.3) is 0 Å². The molecule has 1 aliphatic heterocycles. The van der Waals surface area contributed by atoms with Crippen molar-refractivity contribution in [2.24, 2.45) is 7.05 Å². The monoisotopic (exact) mass is 345 g/mol. The standard InChI is InChI=1S/C17H23N5OS/c1-21-14(12-20-17(21)24-2)11-19-16(23)15(22-8-3-4-9-22)13-6-5-7-18-10-13/h5-7,10,12,15H,3-4,8-9,11H2,1-2H3,(H,19,23)/t15-/m0/s1. The Labute approximate surface area is 146 Å². The molecule has 3 heterocycles. The van der Waals surface area contributed by atoms with E-state index in [1.54, 1.807) is 24.2 Å². The lowest BCUT2D eigenvalue weighted by Gasteiger charge is -2.26. The van der Waals surface area contributed by atoms with E-state index in [0.29, 0.717) is 6.54 Å². The highest BCUT2D eigenvalue weighted by molar-refractivity contribution is 7.98. The molecule has 3 rings (SSSR count). The van der Waals surface area contributed by atoms with Crippen LogP contribution in [-0.2, 0) is 18.4 Å². The lowest BCUT2D eigenvalue weighted by atomic mass is 10.1. The van der Waals surface area contributed by atoms with Gasteiger partial charge in [-0.3, -0.25) is 14.7 Å². The highest BCUT2D eigenvalue weighted by Gasteiger charge is 2.29. The van der Waals surface area contributed by atoms with Gasteiger partial charge in [-0.05, 0) is 43.8 Å². The van der Waals surface area contributed by atoms with Gasteiger partial charge in [-0.2, -0.15) is 0 Å². The molecule has 2 aromatic heterocycles. The van der Waals surface area contributed by atoms with Gasteiger partial charge in [0.1, 0.15) is 6.04 Å². The SMILES string of the molecule is CSc1ncc(CNC(=O)[C@H](c2cccnc2)N2CCCC2)n1C. The van der Waals surface area contributed by atoms with Gasteiger partial charge < -0.3 is 9.88 Å². The molecule has 128 valence electrons. The second kappa shape index (κ2) is 7.81. The number of pyridine rings is 1. The van der Waals surface area contributed by atoms with Gasteiger partial charge >= 0.3 is 0 Å². The molecular formula is C17H23N5OS. The van der Waals surface area contributed by atoms with E-state index in [4.69, 9.17) is 0 Å². The van der Waals surface area contributed by atoms with Crippen molar-refractivity contribution >= 4 is 17.7 Å². The summed E-state index contributed by atoms with van der Waals surface area (Å²) >= 11 is 1.60. The Morgan fingerprint density at radius 1 is 1.38 bits per heavy atom. The molecule has 1 saturated heterocycles. The molecule has 1 atom stereocenters. The first-order valence-corrected chi connectivity index (χ1v) is 9.39. The second-order valence-corrected chi connectivity index (χ2v) is 6.72. The largest absolute Gasteiger partial charge is 0.349 e. The first-order valence-electron chi connectivity index (χ1n) is 8.17. The molecule has 1 aliphatic rings. The molecule has 0 radical (unpaired) electrons. The molecule has 0 saturated carbocycles. The summed E-state index contributed by atoms with van der Waals surface area (Å²) in [5, 5.41) is 4.02. The van der Waals surface area contributed by atoms with Crippen LogP contribution in [0.25, 0.3) is 0 Å². The number of hydrogen-bond acceptors (Lipinski definition) is 5. The van der Waals surface area contributed by atoms with Crippen LogP contribution in [0.5, 0.6) is 0 Å². The van der Waals surface area contributed by atoms with Crippen molar-refractivity contribution in [1.82, 2.24) is 24.8 Å². The highest BCUT2D eigenvalue weighted by Crippen LogP contribution is 2.25. The number of amides is 1. The topological polar surface area (TPSA) is 63.1 Å². The maximum atomic E-state index is 12.9. The third-order valence-electron chi connectivity index (χ3n) is 4.42. The van der Waals surface area contributed by atoms with Crippen LogP contribution < -0.4 is 5.32 Å². The Hall–Kier alpha value is -1.86. The maximum absolute atomic E-state index is 12.9. The zero-order chi connectivity index (χ0) is 16.9. The summed E-state index contributed by atoms with van der Waals surface area (Å²) in [5.74, 6) is 0.0248. The lowest BCUT2D eigenvalue weighted by molar-refractivity contribution is -0.126. The minimum atomic E-state index is -0.269. The molecule has 7 heteroatoms. The van der Waals surface area contributed by atoms with Gasteiger partial charge in [0.15, 0.2) is 5.16 Å². The quantitative estimate of drug-likeness (QED) is 0.811. The number of imidazole rings is 1. The molecule has 2 aromatic rings. The zero-order valence-electron chi connectivity index (χ0n) is 14.1. The fraction of sp³-hybridized carbons (Fsp3) is 0.471. The van der Waals surface area contributed by atoms with Crippen LogP contribution >= 0.6 is 11.8 Å². The van der Waals surface area contributed by atoms with Crippen LogP contribution in [0.15, 0.2) is 35.9 Å². The summed E-state index contributed by atoms with van der Waals surface area (Å²) < 4.78 is 2.01. The maximum Gasteiger partial charge on any atom is 0.242 e. The van der Waals surface area contributed by atoms with E-state index in [2.05, 4.69) is 20.2 Å². The number of carbonyl (C=O) groups is 1. The first-order chi connectivity index (χ1) is 11.7. The van der Waals surface area contributed by atoms with Crippen LogP contribution in [0.3, 0.4) is 0 Å². The number of hydrogen-bond donors (Lipinski definition) is 1. The number of rotatable bonds is 6. The van der Waals surface area contributed by atoms with Crippen molar-refractivity contribution in [3.63, 3.8) is 0 Å². The number of nitrogens with zero attached hydrogens (tertiary/aromatic N) is 4. The molecule has 0 bridgehead atoms. The average molecular weight is 345 g/mol. The van der Waals surface area contributed by atoms with Gasteiger partial charge in [0.05, 0.1) is 18.4 Å². The van der Waals surface area contributed by atoms with E-state index in [0.717, 1.165) is 42.3 Å². The summed E-state index contributed by atoms with van der Waals surface area (Å²) in [6.07, 6.45) is 9.63. The Morgan fingerprint density at radius 3 is 2.79 bits per heavy atom. The van der Waals surface area contributed by atoms with Crippen molar-refractivity contribution in [2.75, 3.05) is 19.3 Å². The minimum Gasteiger partial charge on any atom is -0.349 e. The second-order valence-electron chi connectivity index (χ2n) is 5.95. The molecule has 6 nitrogen and oxygen atoms in total. The number of aromatic nitrogens is 3. The summed E-state index contributed by atoms with van der Waals surface area (Å²) in [4.78, 5) is 23.6. The highest BCUT2D eigenvalue weighted by atomic mass is 32.2. The Balaban J connectivity index is 1.72. The molecule has 0 aromatic carbocycles. The summed E-state index contributed by atoms with van der Waals surface area (Å²) in [6.45, 7) is 2.39. The van der Waals surface area contributed by atoms with E-state index in [9.17, 15) is 4.79 Å². The van der Waals surface area contributed by atoms with Crippen LogP contribution in [-0.4, -0.2) is 44.7 Å². The van der Waals surface area contributed by atoms with Crippen LogP contribution in [0.4, 0.5) is 0 Å². The third kappa shape index (κ3) is 3.62. The summed E-state index contributed by atoms with van der Waals surface area (Å²) in [6, 6.07) is 3.60. The summed E-state index contributed by atoms with van der Waals surface area (Å²) in [5.41, 5.74) is 1.95. The molecule has 0 spiro atoms. The lowest BCUT2D eigenvalue weighted by Crippen LogP contribution is -2.39. The van der Waals surface area contributed by atoms with Gasteiger partial charge in [-0.1, -0.05) is 17.8 Å². The fourth-order valence-electron chi connectivity index (χ4n) is 3.12. The number of carbonyl (C=O) groups excluding carboxylic acids is 1. The Bertz CT molecular complexity index is 682. The van der Waals surface area contributed by atoms with Crippen molar-refractivity contribution in [1.29, 1.82) is 0 Å². The Kier molecular flexibility index (Phi) is 5.52. The molecule has 0 unspecified atom stereocenters. The van der Waals surface area contributed by atoms with Crippen molar-refractivity contribution in [3.8, 4) is 0 Å². The minimum absolute atomic E-state index is 0.0248. The van der Waals surface area contributed by atoms with Crippen LogP contribution in [0.1, 0.15) is 30.1 Å². The molecule has 1 amide bonds. The van der Waals surface area contributed by atoms with Gasteiger partial charge in [0.2, 0.25) is 5.91 Å². The predicted octanol–water partition coefficient (Wildman–Crippen LogP) is 1.99. The van der Waals surface area contributed by atoms with E-state index < -0.39 is 0 Å². The smallest absolute Gasteiger partial charge is 0.242 e. The van der Waals surface area contributed by atoms with E-state index in [-0.39, 0.29) is 11.9 Å².